The third-order valence-corrected chi connectivity index (χ3v) is 11.8. The fraction of sp³-hybridized carbons (Fsp3) is 0.690. The number of carbonyl (C=O) groups is 4. The number of likely N-dealkylation sites (tertiary alicyclic amines) is 1. The van der Waals surface area contributed by atoms with Gasteiger partial charge in [0.05, 0.1) is 19.1 Å². The van der Waals surface area contributed by atoms with Crippen LogP contribution in [0.25, 0.3) is 0 Å². The lowest BCUT2D eigenvalue weighted by Gasteiger charge is -2.40. The van der Waals surface area contributed by atoms with Crippen molar-refractivity contribution in [2.24, 2.45) is 23.7 Å². The lowest BCUT2D eigenvalue weighted by molar-refractivity contribution is -0.146. The van der Waals surface area contributed by atoms with E-state index in [2.05, 4.69) is 44.8 Å². The van der Waals surface area contributed by atoms with Crippen LogP contribution >= 0.6 is 11.3 Å². The molecule has 302 valence electrons. The second kappa shape index (κ2) is 23.0. The van der Waals surface area contributed by atoms with Crippen LogP contribution in [0.5, 0.6) is 0 Å². The van der Waals surface area contributed by atoms with Gasteiger partial charge in [0.25, 0.3) is 5.91 Å². The minimum Gasteiger partial charge on any atom is -0.469 e. The number of nitrogens with one attached hydrogen (secondary N) is 1. The molecule has 1 aromatic heterocycles. The van der Waals surface area contributed by atoms with Crippen molar-refractivity contribution in [3.63, 3.8) is 0 Å². The zero-order chi connectivity index (χ0) is 39.8. The number of rotatable bonds is 23. The summed E-state index contributed by atoms with van der Waals surface area (Å²) < 4.78 is 16.5. The predicted molar refractivity (Wildman–Crippen MR) is 213 cm³/mol. The van der Waals surface area contributed by atoms with Crippen LogP contribution in [0.3, 0.4) is 0 Å². The van der Waals surface area contributed by atoms with Crippen LogP contribution in [-0.4, -0.2) is 97.6 Å². The zero-order valence-electron chi connectivity index (χ0n) is 34.2. The molecule has 1 aromatic carbocycles. The van der Waals surface area contributed by atoms with Crippen molar-refractivity contribution >= 4 is 34.9 Å². The number of benzene rings is 1. The minimum absolute atomic E-state index is 0.0157. The van der Waals surface area contributed by atoms with Crippen LogP contribution < -0.4 is 5.32 Å². The number of hydrogen-bond acceptors (Lipinski definition) is 10. The largest absolute Gasteiger partial charge is 0.469 e. The zero-order valence-corrected chi connectivity index (χ0v) is 35.0. The maximum atomic E-state index is 14.7. The van der Waals surface area contributed by atoms with E-state index in [9.17, 15) is 19.2 Å². The first-order valence-corrected chi connectivity index (χ1v) is 20.7. The number of amides is 2. The molecule has 2 amide bonds. The van der Waals surface area contributed by atoms with Crippen molar-refractivity contribution in [2.75, 3.05) is 41.1 Å². The number of aromatic nitrogens is 1. The van der Waals surface area contributed by atoms with E-state index in [4.69, 9.17) is 19.2 Å². The molecule has 0 bridgehead atoms. The normalized spacial score (nSPS) is 18.3. The van der Waals surface area contributed by atoms with Crippen molar-refractivity contribution < 1.29 is 33.4 Å². The van der Waals surface area contributed by atoms with Crippen molar-refractivity contribution in [1.29, 1.82) is 0 Å². The summed E-state index contributed by atoms with van der Waals surface area (Å²) in [6, 6.07) is 9.16. The molecular formula is C42H66N4O7S. The molecule has 2 heterocycles. The molecular weight excluding hydrogens is 705 g/mol. The quantitative estimate of drug-likeness (QED) is 0.0930. The first kappa shape index (κ1) is 45.2. The van der Waals surface area contributed by atoms with Gasteiger partial charge in [0, 0.05) is 49.9 Å². The van der Waals surface area contributed by atoms with Gasteiger partial charge < -0.3 is 24.4 Å². The lowest BCUT2D eigenvalue weighted by atomic mass is 9.82. The summed E-state index contributed by atoms with van der Waals surface area (Å²) in [5, 5.41) is 5.45. The Balaban J connectivity index is 1.86. The molecule has 3 rings (SSSR count). The Morgan fingerprint density at radius 1 is 1.04 bits per heavy atom. The number of Topliss-reactive ketones (excluding diaryl/α,β-unsaturated/α-hetero) is 1. The third-order valence-electron chi connectivity index (χ3n) is 10.9. The predicted octanol–water partition coefficient (Wildman–Crippen LogP) is 7.10. The number of carbonyl (C=O) groups excluding carboxylic acids is 4. The van der Waals surface area contributed by atoms with Crippen LogP contribution in [0.4, 0.5) is 0 Å². The van der Waals surface area contributed by atoms with E-state index in [0.29, 0.717) is 30.8 Å². The van der Waals surface area contributed by atoms with Gasteiger partial charge in [0.15, 0.2) is 5.78 Å². The minimum atomic E-state index is -0.546. The van der Waals surface area contributed by atoms with Gasteiger partial charge in [-0.3, -0.25) is 24.1 Å². The second-order valence-corrected chi connectivity index (χ2v) is 16.3. The van der Waals surface area contributed by atoms with E-state index in [1.807, 2.05) is 42.3 Å². The summed E-state index contributed by atoms with van der Waals surface area (Å²) in [5.74, 6) is -1.18. The van der Waals surface area contributed by atoms with Crippen molar-refractivity contribution in [3.05, 3.63) is 52.0 Å². The van der Waals surface area contributed by atoms with Crippen LogP contribution in [0.1, 0.15) is 120 Å². The average molecular weight is 771 g/mol. The van der Waals surface area contributed by atoms with Crippen molar-refractivity contribution in [3.8, 4) is 0 Å². The number of thiazole rings is 1. The lowest BCUT2D eigenvalue weighted by Crippen LogP contribution is -2.50. The highest BCUT2D eigenvalue weighted by Gasteiger charge is 2.38. The smallest absolute Gasteiger partial charge is 0.308 e. The summed E-state index contributed by atoms with van der Waals surface area (Å²) in [5.41, 5.74) is 1.30. The van der Waals surface area contributed by atoms with Crippen LogP contribution in [-0.2, 0) is 35.0 Å². The molecule has 0 spiro atoms. The van der Waals surface area contributed by atoms with Crippen LogP contribution in [0, 0.1) is 23.7 Å². The van der Waals surface area contributed by atoms with E-state index in [-0.39, 0.29) is 72.4 Å². The van der Waals surface area contributed by atoms with Gasteiger partial charge in [0.2, 0.25) is 5.91 Å². The molecule has 54 heavy (non-hydrogen) atoms. The summed E-state index contributed by atoms with van der Waals surface area (Å²) in [6.45, 7) is 13.7. The maximum Gasteiger partial charge on any atom is 0.308 e. The molecule has 1 N–H and O–H groups in total. The number of nitrogens with zero attached hydrogens (tertiary/aromatic N) is 3. The van der Waals surface area contributed by atoms with E-state index in [0.717, 1.165) is 44.2 Å². The third kappa shape index (κ3) is 13.2. The number of piperidine rings is 1. The Morgan fingerprint density at radius 2 is 1.76 bits per heavy atom. The summed E-state index contributed by atoms with van der Waals surface area (Å²) in [4.78, 5) is 63.3. The van der Waals surface area contributed by atoms with Gasteiger partial charge >= 0.3 is 5.97 Å². The molecule has 2 aromatic rings. The highest BCUT2D eigenvalue weighted by Crippen LogP contribution is 2.33. The van der Waals surface area contributed by atoms with E-state index in [1.54, 1.807) is 19.4 Å². The van der Waals surface area contributed by atoms with E-state index >= 15 is 0 Å². The van der Waals surface area contributed by atoms with Gasteiger partial charge in [0.1, 0.15) is 23.6 Å². The summed E-state index contributed by atoms with van der Waals surface area (Å²) in [7, 11) is 4.94. The number of hydrogen-bond donors (Lipinski definition) is 1. The number of esters is 1. The van der Waals surface area contributed by atoms with E-state index < -0.39 is 17.9 Å². The first-order chi connectivity index (χ1) is 25.8. The molecule has 0 saturated carbocycles. The summed E-state index contributed by atoms with van der Waals surface area (Å²) in [6.07, 6.45) is 5.63. The molecule has 12 heteroatoms. The monoisotopic (exact) mass is 770 g/mol. The molecule has 0 radical (unpaired) electrons. The topological polar surface area (TPSA) is 127 Å². The number of ketones is 1. The van der Waals surface area contributed by atoms with E-state index in [1.165, 1.54) is 18.4 Å². The first-order valence-electron chi connectivity index (χ1n) is 19.9. The van der Waals surface area contributed by atoms with Crippen LogP contribution in [0.15, 0.2) is 35.7 Å². The van der Waals surface area contributed by atoms with Crippen molar-refractivity contribution in [1.82, 2.24) is 20.1 Å². The standard InChI is InChI=1S/C42H66N4O7S/c1-10-20-46(41(49)33(29(5)11-2)24-37(47)35-19-15-16-21-45(35)7)36(28(3)4)25-38(53-27-51-8)40-44-34(26-54-40)39(48)43-32(22-30(6)42(50)52-9)23-31-17-13-12-14-18-31/h12-14,17-18,26,28-30,32-33,35-36,38H,10-11,15-16,19-25,27H2,1-9H3,(H,43,48)/t29?,30-,32+,33-,35?,36+,38+/m0/s1. The Bertz CT molecular complexity index is 1450. The molecule has 2 unspecified atom stereocenters. The Morgan fingerprint density at radius 3 is 2.37 bits per heavy atom. The Kier molecular flexibility index (Phi) is 19.3. The summed E-state index contributed by atoms with van der Waals surface area (Å²) >= 11 is 1.34. The molecule has 11 nitrogen and oxygen atoms in total. The Labute approximate surface area is 327 Å². The van der Waals surface area contributed by atoms with Gasteiger partial charge in [-0.1, -0.05) is 84.7 Å². The molecule has 1 aliphatic heterocycles. The SMILES string of the molecule is CCCN(C(=O)[C@@H](CC(=O)C1CCCCN1C)C(C)CC)[C@H](C[C@@H](OCOC)c1nc(C(=O)N[C@@H](Cc2ccccc2)C[C@H](C)C(=O)OC)cs1)C(C)C. The van der Waals surface area contributed by atoms with Gasteiger partial charge in [-0.25, -0.2) is 4.98 Å². The number of ether oxygens (including phenoxy) is 3. The molecule has 0 aliphatic carbocycles. The van der Waals surface area contributed by atoms with Crippen LogP contribution in [0.2, 0.25) is 0 Å². The van der Waals surface area contributed by atoms with Gasteiger partial charge in [-0.2, -0.15) is 0 Å². The number of methoxy groups -OCH3 is 2. The van der Waals surface area contributed by atoms with Gasteiger partial charge in [-0.05, 0) is 63.1 Å². The highest BCUT2D eigenvalue weighted by molar-refractivity contribution is 7.09. The van der Waals surface area contributed by atoms with Gasteiger partial charge in [-0.15, -0.1) is 11.3 Å². The highest BCUT2D eigenvalue weighted by atomic mass is 32.1. The average Bonchev–Trinajstić information content (AvgIpc) is 3.66. The molecule has 1 saturated heterocycles. The Hall–Kier alpha value is -3.19. The molecule has 7 atom stereocenters. The fourth-order valence-corrected chi connectivity index (χ4v) is 8.39. The second-order valence-electron chi connectivity index (χ2n) is 15.4. The molecule has 1 aliphatic rings. The molecule has 1 fully saturated rings. The van der Waals surface area contributed by atoms with Crippen molar-refractivity contribution in [2.45, 2.75) is 124 Å². The maximum absolute atomic E-state index is 14.7. The fourth-order valence-electron chi connectivity index (χ4n) is 7.53. The number of likely N-dealkylation sites (N-methyl/N-ethyl adjacent to an activating group) is 1.